The van der Waals surface area contributed by atoms with E-state index >= 15 is 0 Å². The standard InChI is InChI=1S/C42H55N5O6Si2/c1-41(2,3)54(7,8)51-20-29-28(53-55(9,10)42(4,5)6)19-30(52-29)47-22-45-35-39(43-21-44-40(35)47)46-34-33-26-17-16-24-13-11-12-23-14-15-25(32(26)31(23)24)18-27(33)36(48)38(50)37(34)49/h11-18,21-22,28-30,34,36-38,48-50H,19-20H2,1-10H3,(H,43,44,46)/t28-,29+,30+,34-,36-,37-,38+/m0/s1. The van der Waals surface area contributed by atoms with E-state index in [2.05, 4.69) is 113 Å². The Hall–Kier alpha value is -3.54. The van der Waals surface area contributed by atoms with Crippen molar-refractivity contribution >= 4 is 65.9 Å². The van der Waals surface area contributed by atoms with Crippen LogP contribution in [0, 0.1) is 0 Å². The van der Waals surface area contributed by atoms with Gasteiger partial charge in [0.15, 0.2) is 33.6 Å². The van der Waals surface area contributed by atoms with Crippen LogP contribution in [0.5, 0.6) is 0 Å². The van der Waals surface area contributed by atoms with Gasteiger partial charge in [0.25, 0.3) is 0 Å². The molecule has 0 bridgehead atoms. The topological polar surface area (TPSA) is 144 Å². The molecular formula is C42H55N5O6Si2. The Labute approximate surface area is 324 Å². The third-order valence-electron chi connectivity index (χ3n) is 13.2. The molecule has 1 fully saturated rings. The minimum absolute atomic E-state index is 0.0211. The van der Waals surface area contributed by atoms with Crippen LogP contribution >= 0.6 is 0 Å². The van der Waals surface area contributed by atoms with Crippen LogP contribution in [-0.2, 0) is 13.6 Å². The van der Waals surface area contributed by atoms with Crippen LogP contribution in [0.1, 0.15) is 77.5 Å². The number of fused-ring (bicyclic) bond motifs is 3. The van der Waals surface area contributed by atoms with E-state index in [1.807, 2.05) is 22.8 Å². The summed E-state index contributed by atoms with van der Waals surface area (Å²) in [7, 11) is -4.22. The molecule has 6 aromatic rings. The smallest absolute Gasteiger partial charge is 0.192 e. The lowest BCUT2D eigenvalue weighted by molar-refractivity contribution is -0.0766. The summed E-state index contributed by atoms with van der Waals surface area (Å²) in [4.78, 5) is 14.1. The fraction of sp³-hybridized carbons (Fsp3) is 0.500. The Morgan fingerprint density at radius 3 is 2.20 bits per heavy atom. The van der Waals surface area contributed by atoms with E-state index in [0.29, 0.717) is 35.6 Å². The second kappa shape index (κ2) is 13.3. The number of aliphatic hydroxyl groups is 3. The fourth-order valence-electron chi connectivity index (χ4n) is 7.87. The summed E-state index contributed by atoms with van der Waals surface area (Å²) in [6, 6.07) is 15.6. The van der Waals surface area contributed by atoms with Crippen LogP contribution in [0.2, 0.25) is 36.3 Å². The summed E-state index contributed by atoms with van der Waals surface area (Å²) in [6.07, 6.45) is -1.09. The van der Waals surface area contributed by atoms with Crippen LogP contribution in [0.4, 0.5) is 5.82 Å². The van der Waals surface area contributed by atoms with Gasteiger partial charge in [0.1, 0.15) is 37.0 Å². The number of ether oxygens (including phenoxy) is 1. The van der Waals surface area contributed by atoms with E-state index in [1.54, 1.807) is 6.33 Å². The molecule has 4 aromatic carbocycles. The zero-order chi connectivity index (χ0) is 39.4. The van der Waals surface area contributed by atoms with Crippen molar-refractivity contribution in [1.82, 2.24) is 19.5 Å². The van der Waals surface area contributed by atoms with Crippen LogP contribution < -0.4 is 5.32 Å². The van der Waals surface area contributed by atoms with Gasteiger partial charge in [-0.25, -0.2) is 15.0 Å². The van der Waals surface area contributed by atoms with E-state index < -0.39 is 47.2 Å². The monoisotopic (exact) mass is 781 g/mol. The third kappa shape index (κ3) is 6.36. The SMILES string of the molecule is CC(C)(C)[Si](C)(C)OC[C@H]1O[C@@H](n2cnc3c(N[C@H]4c5c(cc6ccc7cccc8ccc5c6c78)[C@H](O)[C@@H](O)[C@H]4O)ncnc32)C[C@@H]1O[Si](C)(C)C(C)(C)C. The third-order valence-corrected chi connectivity index (χ3v) is 22.2. The molecular weight excluding hydrogens is 727 g/mol. The summed E-state index contributed by atoms with van der Waals surface area (Å²) >= 11 is 0. The number of hydrogen-bond acceptors (Lipinski definition) is 10. The summed E-state index contributed by atoms with van der Waals surface area (Å²) < 4.78 is 22.5. The van der Waals surface area contributed by atoms with Crippen molar-refractivity contribution in [3.8, 4) is 0 Å². The average Bonchev–Trinajstić information content (AvgIpc) is 3.73. The second-order valence-electron chi connectivity index (χ2n) is 18.7. The van der Waals surface area contributed by atoms with Crippen LogP contribution in [-0.4, -0.2) is 82.5 Å². The first kappa shape index (κ1) is 38.3. The highest BCUT2D eigenvalue weighted by atomic mass is 28.4. The van der Waals surface area contributed by atoms with E-state index in [0.717, 1.165) is 37.9 Å². The van der Waals surface area contributed by atoms with E-state index in [9.17, 15) is 15.3 Å². The quantitative estimate of drug-likeness (QED) is 0.0879. The van der Waals surface area contributed by atoms with Crippen LogP contribution in [0.15, 0.2) is 61.2 Å². The predicted molar refractivity (Wildman–Crippen MR) is 223 cm³/mol. The van der Waals surface area contributed by atoms with Gasteiger partial charge in [0, 0.05) is 6.42 Å². The van der Waals surface area contributed by atoms with Crippen molar-refractivity contribution in [2.75, 3.05) is 11.9 Å². The van der Waals surface area contributed by atoms with E-state index in [1.165, 1.54) is 6.33 Å². The minimum atomic E-state index is -2.16. The molecule has 0 unspecified atom stereocenters. The number of benzene rings is 4. The number of anilines is 1. The number of nitrogens with one attached hydrogen (secondary N) is 1. The molecule has 0 saturated carbocycles. The number of aromatic nitrogens is 4. The Bertz CT molecular complexity index is 2370. The molecule has 4 N–H and O–H groups in total. The first-order valence-electron chi connectivity index (χ1n) is 19.4. The van der Waals surface area contributed by atoms with Gasteiger partial charge < -0.3 is 34.2 Å². The van der Waals surface area contributed by atoms with Crippen molar-refractivity contribution in [3.05, 3.63) is 72.3 Å². The molecule has 0 amide bonds. The highest BCUT2D eigenvalue weighted by molar-refractivity contribution is 6.74. The second-order valence-corrected chi connectivity index (χ2v) is 28.2. The molecule has 292 valence electrons. The molecule has 7 atom stereocenters. The van der Waals surface area contributed by atoms with Gasteiger partial charge in [-0.2, -0.15) is 0 Å². The summed E-state index contributed by atoms with van der Waals surface area (Å²) in [5.41, 5.74) is 2.36. The number of imidazole rings is 1. The molecule has 1 aliphatic carbocycles. The molecule has 11 nitrogen and oxygen atoms in total. The van der Waals surface area contributed by atoms with Crippen LogP contribution in [0.3, 0.4) is 0 Å². The van der Waals surface area contributed by atoms with Gasteiger partial charge in [0.2, 0.25) is 0 Å². The molecule has 0 spiro atoms. The molecule has 1 saturated heterocycles. The lowest BCUT2D eigenvalue weighted by Gasteiger charge is -2.40. The number of nitrogens with zero attached hydrogens (tertiary/aromatic N) is 4. The molecule has 8 rings (SSSR count). The molecule has 55 heavy (non-hydrogen) atoms. The minimum Gasteiger partial charge on any atom is -0.414 e. The molecule has 0 radical (unpaired) electrons. The normalized spacial score (nSPS) is 25.4. The van der Waals surface area contributed by atoms with E-state index in [-0.39, 0.29) is 22.3 Å². The van der Waals surface area contributed by atoms with Gasteiger partial charge in [0.05, 0.1) is 25.1 Å². The fourth-order valence-corrected chi connectivity index (χ4v) is 10.2. The summed E-state index contributed by atoms with van der Waals surface area (Å²) in [5.74, 6) is 0.401. The maximum atomic E-state index is 11.6. The van der Waals surface area contributed by atoms with Crippen molar-refractivity contribution in [1.29, 1.82) is 0 Å². The lowest BCUT2D eigenvalue weighted by atomic mass is 9.77. The molecule has 2 aliphatic rings. The first-order valence-corrected chi connectivity index (χ1v) is 25.2. The number of rotatable bonds is 8. The van der Waals surface area contributed by atoms with Gasteiger partial charge in [-0.3, -0.25) is 4.57 Å². The zero-order valence-corrected chi connectivity index (χ0v) is 35.6. The Morgan fingerprint density at radius 1 is 0.836 bits per heavy atom. The maximum Gasteiger partial charge on any atom is 0.192 e. The predicted octanol–water partition coefficient (Wildman–Crippen LogP) is 8.35. The van der Waals surface area contributed by atoms with Crippen molar-refractivity contribution < 1.29 is 28.9 Å². The van der Waals surface area contributed by atoms with Crippen molar-refractivity contribution in [2.45, 2.75) is 127 Å². The number of aliphatic hydroxyl groups excluding tert-OH is 3. The van der Waals surface area contributed by atoms with Gasteiger partial charge >= 0.3 is 0 Å². The zero-order valence-electron chi connectivity index (χ0n) is 33.6. The maximum absolute atomic E-state index is 11.6. The van der Waals surface area contributed by atoms with Crippen molar-refractivity contribution in [3.63, 3.8) is 0 Å². The summed E-state index contributed by atoms with van der Waals surface area (Å²) in [6.45, 7) is 23.0. The first-order chi connectivity index (χ1) is 25.8. The van der Waals surface area contributed by atoms with Gasteiger partial charge in [-0.1, -0.05) is 84.0 Å². The Kier molecular flexibility index (Phi) is 9.25. The van der Waals surface area contributed by atoms with Crippen molar-refractivity contribution in [2.24, 2.45) is 0 Å². The lowest BCUT2D eigenvalue weighted by Crippen LogP contribution is -2.48. The molecule has 13 heteroatoms. The van der Waals surface area contributed by atoms with Gasteiger partial charge in [-0.15, -0.1) is 0 Å². The molecule has 3 heterocycles. The average molecular weight is 782 g/mol. The van der Waals surface area contributed by atoms with Gasteiger partial charge in [-0.05, 0) is 85.8 Å². The Balaban J connectivity index is 1.15. The summed E-state index contributed by atoms with van der Waals surface area (Å²) in [5, 5.41) is 44.0. The highest BCUT2D eigenvalue weighted by Gasteiger charge is 2.47. The molecule has 2 aromatic heterocycles. The largest absolute Gasteiger partial charge is 0.414 e. The molecule has 1 aliphatic heterocycles. The van der Waals surface area contributed by atoms with Crippen LogP contribution in [0.25, 0.3) is 43.5 Å². The highest BCUT2D eigenvalue weighted by Crippen LogP contribution is 2.47. The van der Waals surface area contributed by atoms with E-state index in [4.69, 9.17) is 18.6 Å². The number of hydrogen-bond donors (Lipinski definition) is 4. The Morgan fingerprint density at radius 2 is 1.51 bits per heavy atom.